The highest BCUT2D eigenvalue weighted by molar-refractivity contribution is 5.84. The summed E-state index contributed by atoms with van der Waals surface area (Å²) in [5, 5.41) is 6.86. The maximum atomic E-state index is 11.5. The number of hydrogen-bond acceptors (Lipinski definition) is 4. The Bertz CT molecular complexity index is 540. The van der Waals surface area contributed by atoms with Gasteiger partial charge >= 0.3 is 0 Å². The lowest BCUT2D eigenvalue weighted by Crippen LogP contribution is -2.25. The average Bonchev–Trinajstić information content (AvgIpc) is 2.47. The molecule has 96 valence electrons. The maximum absolute atomic E-state index is 11.5. The number of hydrogen-bond donors (Lipinski definition) is 2. The van der Waals surface area contributed by atoms with E-state index in [1.807, 2.05) is 30.3 Å². The van der Waals surface area contributed by atoms with Crippen LogP contribution in [0.3, 0.4) is 0 Å². The molecule has 0 aliphatic rings. The van der Waals surface area contributed by atoms with E-state index in [4.69, 9.17) is 0 Å². The highest BCUT2D eigenvalue weighted by Crippen LogP contribution is 2.03. The number of nitrogens with one attached hydrogen (secondary N) is 2. The molecular weight excluding hydrogens is 240 g/mol. The Labute approximate surface area is 111 Å². The molecule has 2 rings (SSSR count). The van der Waals surface area contributed by atoms with Gasteiger partial charge in [-0.3, -0.25) is 9.78 Å². The van der Waals surface area contributed by atoms with Crippen molar-refractivity contribution < 1.29 is 4.79 Å². The van der Waals surface area contributed by atoms with Gasteiger partial charge in [-0.1, -0.05) is 18.2 Å². The quantitative estimate of drug-likeness (QED) is 0.629. The van der Waals surface area contributed by atoms with Crippen LogP contribution >= 0.6 is 0 Å². The molecule has 5 nitrogen and oxygen atoms in total. The fraction of sp³-hybridized carbons (Fsp3) is 0.0714. The van der Waals surface area contributed by atoms with Crippen LogP contribution in [0.25, 0.3) is 0 Å². The number of aromatic nitrogens is 1. The predicted octanol–water partition coefficient (Wildman–Crippen LogP) is 1.64. The summed E-state index contributed by atoms with van der Waals surface area (Å²) in [5.41, 5.74) is 4.23. The minimum absolute atomic E-state index is 0.178. The standard InChI is InChI=1S/C14H14N4O/c19-14(11-16-13-4-2-1-3-5-13)18-17-10-12-6-8-15-9-7-12/h1-10,16H,11H2,(H,18,19)/b17-10-. The number of nitrogens with zero attached hydrogens (tertiary/aromatic N) is 2. The highest BCUT2D eigenvalue weighted by Gasteiger charge is 1.98. The van der Waals surface area contributed by atoms with Crippen LogP contribution < -0.4 is 10.7 Å². The summed E-state index contributed by atoms with van der Waals surface area (Å²) in [6, 6.07) is 13.1. The van der Waals surface area contributed by atoms with E-state index < -0.39 is 0 Å². The zero-order valence-electron chi connectivity index (χ0n) is 10.3. The number of hydrazone groups is 1. The summed E-state index contributed by atoms with van der Waals surface area (Å²) < 4.78 is 0. The molecule has 2 N–H and O–H groups in total. The molecule has 0 unspecified atom stereocenters. The lowest BCUT2D eigenvalue weighted by molar-refractivity contribution is -0.119. The molecule has 1 aromatic heterocycles. The van der Waals surface area contributed by atoms with E-state index in [9.17, 15) is 4.79 Å². The van der Waals surface area contributed by atoms with E-state index in [-0.39, 0.29) is 12.5 Å². The molecule has 1 heterocycles. The van der Waals surface area contributed by atoms with Crippen LogP contribution in [0.4, 0.5) is 5.69 Å². The van der Waals surface area contributed by atoms with Gasteiger partial charge in [0.2, 0.25) is 0 Å². The van der Waals surface area contributed by atoms with Crippen molar-refractivity contribution in [2.24, 2.45) is 5.10 Å². The Morgan fingerprint density at radius 1 is 1.16 bits per heavy atom. The first kappa shape index (κ1) is 12.8. The number of carbonyl (C=O) groups is 1. The van der Waals surface area contributed by atoms with Crippen molar-refractivity contribution in [3.8, 4) is 0 Å². The van der Waals surface area contributed by atoms with Crippen LogP contribution in [-0.4, -0.2) is 23.7 Å². The van der Waals surface area contributed by atoms with Crippen molar-refractivity contribution in [1.29, 1.82) is 0 Å². The summed E-state index contributed by atoms with van der Waals surface area (Å²) in [6.45, 7) is 0.178. The van der Waals surface area contributed by atoms with Gasteiger partial charge in [0.1, 0.15) is 0 Å². The third-order valence-electron chi connectivity index (χ3n) is 2.34. The lowest BCUT2D eigenvalue weighted by atomic mass is 10.3. The first-order valence-electron chi connectivity index (χ1n) is 5.85. The van der Waals surface area contributed by atoms with E-state index in [2.05, 4.69) is 20.8 Å². The minimum Gasteiger partial charge on any atom is -0.376 e. The van der Waals surface area contributed by atoms with E-state index in [1.54, 1.807) is 30.7 Å². The molecule has 0 saturated carbocycles. The molecule has 0 saturated heterocycles. The van der Waals surface area contributed by atoms with Gasteiger partial charge in [0.25, 0.3) is 5.91 Å². The SMILES string of the molecule is O=C(CNc1ccccc1)N/N=C\c1ccncc1. The summed E-state index contributed by atoms with van der Waals surface area (Å²) in [6.07, 6.45) is 4.91. The van der Waals surface area contributed by atoms with Crippen LogP contribution in [0.1, 0.15) is 5.56 Å². The van der Waals surface area contributed by atoms with E-state index >= 15 is 0 Å². The van der Waals surface area contributed by atoms with Crippen LogP contribution in [-0.2, 0) is 4.79 Å². The average molecular weight is 254 g/mol. The fourth-order valence-corrected chi connectivity index (χ4v) is 1.41. The van der Waals surface area contributed by atoms with Crippen LogP contribution in [0.5, 0.6) is 0 Å². The molecule has 0 bridgehead atoms. The topological polar surface area (TPSA) is 66.4 Å². The minimum atomic E-state index is -0.200. The predicted molar refractivity (Wildman–Crippen MR) is 74.9 cm³/mol. The second-order valence-electron chi connectivity index (χ2n) is 3.79. The number of anilines is 1. The van der Waals surface area contributed by atoms with Crippen molar-refractivity contribution in [2.45, 2.75) is 0 Å². The number of carbonyl (C=O) groups excluding carboxylic acids is 1. The van der Waals surface area contributed by atoms with Gasteiger partial charge in [0.05, 0.1) is 12.8 Å². The molecule has 0 radical (unpaired) electrons. The molecule has 0 spiro atoms. The van der Waals surface area contributed by atoms with Gasteiger partial charge in [-0.15, -0.1) is 0 Å². The number of amides is 1. The molecule has 0 aliphatic heterocycles. The normalized spacial score (nSPS) is 10.3. The zero-order valence-corrected chi connectivity index (χ0v) is 10.3. The van der Waals surface area contributed by atoms with Gasteiger partial charge in [0.15, 0.2) is 0 Å². The molecule has 2 aromatic rings. The van der Waals surface area contributed by atoms with Gasteiger partial charge < -0.3 is 5.32 Å². The number of pyridine rings is 1. The third-order valence-corrected chi connectivity index (χ3v) is 2.34. The van der Waals surface area contributed by atoms with Crippen molar-refractivity contribution >= 4 is 17.8 Å². The monoisotopic (exact) mass is 254 g/mol. The molecule has 1 aromatic carbocycles. The van der Waals surface area contributed by atoms with Gasteiger partial charge in [-0.2, -0.15) is 5.10 Å². The Morgan fingerprint density at radius 3 is 2.63 bits per heavy atom. The van der Waals surface area contributed by atoms with Crippen LogP contribution in [0.2, 0.25) is 0 Å². The van der Waals surface area contributed by atoms with Gasteiger partial charge in [0, 0.05) is 18.1 Å². The first-order valence-corrected chi connectivity index (χ1v) is 5.85. The smallest absolute Gasteiger partial charge is 0.259 e. The highest BCUT2D eigenvalue weighted by atomic mass is 16.2. The number of rotatable bonds is 5. The molecule has 0 atom stereocenters. The Kier molecular flexibility index (Phi) is 4.64. The number of para-hydroxylation sites is 1. The van der Waals surface area contributed by atoms with Gasteiger partial charge in [-0.05, 0) is 29.8 Å². The first-order chi connectivity index (χ1) is 9.34. The fourth-order valence-electron chi connectivity index (χ4n) is 1.41. The third kappa shape index (κ3) is 4.59. The Morgan fingerprint density at radius 2 is 1.89 bits per heavy atom. The molecular formula is C14H14N4O. The maximum Gasteiger partial charge on any atom is 0.259 e. The Balaban J connectivity index is 1.75. The molecule has 5 heteroatoms. The molecule has 19 heavy (non-hydrogen) atoms. The largest absolute Gasteiger partial charge is 0.376 e. The summed E-state index contributed by atoms with van der Waals surface area (Å²) in [5.74, 6) is -0.200. The molecule has 0 aliphatic carbocycles. The summed E-state index contributed by atoms with van der Waals surface area (Å²) in [4.78, 5) is 15.4. The summed E-state index contributed by atoms with van der Waals surface area (Å²) in [7, 11) is 0. The number of benzene rings is 1. The Hall–Kier alpha value is -2.69. The molecule has 0 fully saturated rings. The second-order valence-corrected chi connectivity index (χ2v) is 3.79. The summed E-state index contributed by atoms with van der Waals surface area (Å²) >= 11 is 0. The van der Waals surface area contributed by atoms with Crippen molar-refractivity contribution in [2.75, 3.05) is 11.9 Å². The second kappa shape index (κ2) is 6.90. The lowest BCUT2D eigenvalue weighted by Gasteiger charge is -2.04. The zero-order chi connectivity index (χ0) is 13.3. The van der Waals surface area contributed by atoms with Gasteiger partial charge in [-0.25, -0.2) is 5.43 Å². The van der Waals surface area contributed by atoms with E-state index in [0.29, 0.717) is 0 Å². The van der Waals surface area contributed by atoms with Crippen molar-refractivity contribution in [3.63, 3.8) is 0 Å². The van der Waals surface area contributed by atoms with Crippen molar-refractivity contribution in [3.05, 3.63) is 60.4 Å². The van der Waals surface area contributed by atoms with E-state index in [1.165, 1.54) is 0 Å². The van der Waals surface area contributed by atoms with Crippen LogP contribution in [0.15, 0.2) is 60.0 Å². The van der Waals surface area contributed by atoms with E-state index in [0.717, 1.165) is 11.3 Å². The van der Waals surface area contributed by atoms with Crippen LogP contribution in [0, 0.1) is 0 Å². The molecule has 1 amide bonds. The van der Waals surface area contributed by atoms with Crippen molar-refractivity contribution in [1.82, 2.24) is 10.4 Å².